The number of nitrogens with one attached hydrogen (secondary N) is 1. The summed E-state index contributed by atoms with van der Waals surface area (Å²) in [5, 5.41) is 2.63. The Kier molecular flexibility index (Phi) is 6.24. The maximum absolute atomic E-state index is 10.7. The van der Waals surface area contributed by atoms with E-state index in [1.54, 1.807) is 7.05 Å². The fourth-order valence-corrected chi connectivity index (χ4v) is 2.88. The fourth-order valence-electron chi connectivity index (χ4n) is 2.88. The zero-order valence-corrected chi connectivity index (χ0v) is 13.4. The van der Waals surface area contributed by atoms with Crippen LogP contribution in [-0.4, -0.2) is 31.4 Å². The lowest BCUT2D eigenvalue weighted by Gasteiger charge is -2.24. The first kappa shape index (κ1) is 16.0. The molecule has 0 unspecified atom stereocenters. The SMILES string of the molecule is CN1CCc2ccccc2C1.CNC(=O)CCC1CCC1. The Bertz CT molecular complexity index is 454. The lowest BCUT2D eigenvalue weighted by atomic mass is 9.82. The molecular weight excluding hydrogens is 260 g/mol. The van der Waals surface area contributed by atoms with Gasteiger partial charge in [-0.05, 0) is 36.9 Å². The van der Waals surface area contributed by atoms with Crippen molar-refractivity contribution in [1.82, 2.24) is 10.2 Å². The maximum atomic E-state index is 10.7. The average Bonchev–Trinajstić information content (AvgIpc) is 2.46. The number of benzene rings is 1. The van der Waals surface area contributed by atoms with E-state index in [2.05, 4.69) is 41.5 Å². The molecule has 0 saturated heterocycles. The van der Waals surface area contributed by atoms with Crippen LogP contribution >= 0.6 is 0 Å². The third-order valence-electron chi connectivity index (χ3n) is 4.60. The van der Waals surface area contributed by atoms with E-state index < -0.39 is 0 Å². The normalized spacial score (nSPS) is 18.0. The lowest BCUT2D eigenvalue weighted by molar-refractivity contribution is -0.121. The van der Waals surface area contributed by atoms with E-state index >= 15 is 0 Å². The molecule has 1 N–H and O–H groups in total. The molecule has 1 saturated carbocycles. The van der Waals surface area contributed by atoms with Gasteiger partial charge in [0.05, 0.1) is 0 Å². The number of hydrogen-bond acceptors (Lipinski definition) is 2. The van der Waals surface area contributed by atoms with Crippen molar-refractivity contribution in [3.05, 3.63) is 35.4 Å². The summed E-state index contributed by atoms with van der Waals surface area (Å²) in [6, 6.07) is 8.72. The number of nitrogens with zero attached hydrogens (tertiary/aromatic N) is 1. The van der Waals surface area contributed by atoms with Gasteiger partial charge in [0.2, 0.25) is 5.91 Å². The van der Waals surface area contributed by atoms with E-state index in [4.69, 9.17) is 0 Å². The van der Waals surface area contributed by atoms with Gasteiger partial charge >= 0.3 is 0 Å². The van der Waals surface area contributed by atoms with Crippen molar-refractivity contribution in [3.8, 4) is 0 Å². The van der Waals surface area contributed by atoms with Crippen molar-refractivity contribution in [2.24, 2.45) is 5.92 Å². The Labute approximate surface area is 128 Å². The van der Waals surface area contributed by atoms with E-state index in [-0.39, 0.29) is 5.91 Å². The monoisotopic (exact) mass is 288 g/mol. The molecular formula is C18H28N2O. The summed E-state index contributed by atoms with van der Waals surface area (Å²) in [5.74, 6) is 1.05. The second-order valence-corrected chi connectivity index (χ2v) is 6.27. The lowest BCUT2D eigenvalue weighted by Crippen LogP contribution is -2.26. The number of amides is 1. The minimum absolute atomic E-state index is 0.187. The fraction of sp³-hybridized carbons (Fsp3) is 0.611. The van der Waals surface area contributed by atoms with Gasteiger partial charge in [0.25, 0.3) is 0 Å². The number of carbonyl (C=O) groups excluding carboxylic acids is 1. The largest absolute Gasteiger partial charge is 0.359 e. The minimum atomic E-state index is 0.187. The van der Waals surface area contributed by atoms with Crippen molar-refractivity contribution in [2.75, 3.05) is 20.6 Å². The summed E-state index contributed by atoms with van der Waals surface area (Å²) in [7, 11) is 3.87. The van der Waals surface area contributed by atoms with Crippen molar-refractivity contribution >= 4 is 5.91 Å². The summed E-state index contributed by atoms with van der Waals surface area (Å²) in [4.78, 5) is 13.1. The Morgan fingerprint density at radius 2 is 2.00 bits per heavy atom. The third kappa shape index (κ3) is 5.16. The molecule has 0 atom stereocenters. The summed E-state index contributed by atoms with van der Waals surface area (Å²) in [5.41, 5.74) is 3.03. The summed E-state index contributed by atoms with van der Waals surface area (Å²) < 4.78 is 0. The van der Waals surface area contributed by atoms with Gasteiger partial charge < -0.3 is 10.2 Å². The van der Waals surface area contributed by atoms with E-state index in [0.29, 0.717) is 0 Å². The molecule has 3 rings (SSSR count). The van der Waals surface area contributed by atoms with Crippen LogP contribution in [0.4, 0.5) is 0 Å². The molecule has 1 aliphatic carbocycles. The molecule has 21 heavy (non-hydrogen) atoms. The molecule has 1 fully saturated rings. The van der Waals surface area contributed by atoms with Gasteiger partial charge in [-0.25, -0.2) is 0 Å². The average molecular weight is 288 g/mol. The molecule has 2 aliphatic rings. The molecule has 1 aliphatic heterocycles. The molecule has 0 aromatic heterocycles. The quantitative estimate of drug-likeness (QED) is 0.927. The molecule has 116 valence electrons. The molecule has 0 radical (unpaired) electrons. The first-order valence-electron chi connectivity index (χ1n) is 8.15. The second-order valence-electron chi connectivity index (χ2n) is 6.27. The smallest absolute Gasteiger partial charge is 0.219 e. The topological polar surface area (TPSA) is 32.3 Å². The number of fused-ring (bicyclic) bond motifs is 1. The summed E-state index contributed by atoms with van der Waals surface area (Å²) >= 11 is 0. The molecule has 3 heteroatoms. The maximum Gasteiger partial charge on any atom is 0.219 e. The number of likely N-dealkylation sites (N-methyl/N-ethyl adjacent to an activating group) is 1. The van der Waals surface area contributed by atoms with Gasteiger partial charge in [0.1, 0.15) is 0 Å². The van der Waals surface area contributed by atoms with E-state index in [1.165, 1.54) is 43.4 Å². The van der Waals surface area contributed by atoms with Crippen LogP contribution in [0.15, 0.2) is 24.3 Å². The van der Waals surface area contributed by atoms with Crippen LogP contribution in [0.5, 0.6) is 0 Å². The van der Waals surface area contributed by atoms with Crippen LogP contribution in [0.2, 0.25) is 0 Å². The van der Waals surface area contributed by atoms with Gasteiger partial charge in [-0.15, -0.1) is 0 Å². The van der Waals surface area contributed by atoms with Crippen molar-refractivity contribution in [2.45, 2.75) is 45.1 Å². The summed E-state index contributed by atoms with van der Waals surface area (Å²) in [6.45, 7) is 2.33. The Morgan fingerprint density at radius 3 is 2.62 bits per heavy atom. The number of rotatable bonds is 3. The number of hydrogen-bond donors (Lipinski definition) is 1. The van der Waals surface area contributed by atoms with Crippen LogP contribution in [0, 0.1) is 5.92 Å². The Morgan fingerprint density at radius 1 is 1.29 bits per heavy atom. The van der Waals surface area contributed by atoms with Gasteiger partial charge in [-0.3, -0.25) is 4.79 Å². The molecule has 1 heterocycles. The first-order chi connectivity index (χ1) is 10.2. The Hall–Kier alpha value is -1.35. The standard InChI is InChI=1S/C10H13N.C8H15NO/c1-11-7-6-9-4-2-3-5-10(9)8-11;1-9-8(10)6-5-7-3-2-4-7/h2-5H,6-8H2,1H3;7H,2-6H2,1H3,(H,9,10). The molecule has 1 aromatic carbocycles. The zero-order valence-electron chi connectivity index (χ0n) is 13.4. The third-order valence-corrected chi connectivity index (χ3v) is 4.60. The molecule has 1 amide bonds. The highest BCUT2D eigenvalue weighted by molar-refractivity contribution is 5.75. The second kappa shape index (κ2) is 8.18. The van der Waals surface area contributed by atoms with Crippen LogP contribution in [0.25, 0.3) is 0 Å². The predicted molar refractivity (Wildman–Crippen MR) is 87.1 cm³/mol. The van der Waals surface area contributed by atoms with E-state index in [9.17, 15) is 4.79 Å². The van der Waals surface area contributed by atoms with Crippen LogP contribution < -0.4 is 5.32 Å². The van der Waals surface area contributed by atoms with Crippen LogP contribution in [-0.2, 0) is 17.8 Å². The molecule has 1 aromatic rings. The van der Waals surface area contributed by atoms with Gasteiger partial charge in [0, 0.05) is 26.6 Å². The van der Waals surface area contributed by atoms with Crippen molar-refractivity contribution in [3.63, 3.8) is 0 Å². The zero-order chi connectivity index (χ0) is 15.1. The van der Waals surface area contributed by atoms with Gasteiger partial charge in [-0.1, -0.05) is 43.5 Å². The highest BCUT2D eigenvalue weighted by Gasteiger charge is 2.17. The van der Waals surface area contributed by atoms with Crippen molar-refractivity contribution < 1.29 is 4.79 Å². The van der Waals surface area contributed by atoms with E-state index in [0.717, 1.165) is 25.3 Å². The van der Waals surface area contributed by atoms with Gasteiger partial charge in [-0.2, -0.15) is 0 Å². The van der Waals surface area contributed by atoms with Crippen molar-refractivity contribution in [1.29, 1.82) is 0 Å². The molecule has 0 bridgehead atoms. The highest BCUT2D eigenvalue weighted by Crippen LogP contribution is 2.30. The van der Waals surface area contributed by atoms with Gasteiger partial charge in [0.15, 0.2) is 0 Å². The predicted octanol–water partition coefficient (Wildman–Crippen LogP) is 2.99. The highest BCUT2D eigenvalue weighted by atomic mass is 16.1. The minimum Gasteiger partial charge on any atom is -0.359 e. The molecule has 0 spiro atoms. The summed E-state index contributed by atoms with van der Waals surface area (Å²) in [6.07, 6.45) is 7.10. The van der Waals surface area contributed by atoms with Crippen LogP contribution in [0.3, 0.4) is 0 Å². The molecule has 3 nitrogen and oxygen atoms in total. The van der Waals surface area contributed by atoms with Crippen LogP contribution in [0.1, 0.15) is 43.2 Å². The van der Waals surface area contributed by atoms with E-state index in [1.807, 2.05) is 0 Å². The number of carbonyl (C=O) groups is 1. The first-order valence-corrected chi connectivity index (χ1v) is 8.15. The Balaban J connectivity index is 0.000000155.